The number of nitrogens with two attached hydrogens (primary N) is 1. The lowest BCUT2D eigenvalue weighted by atomic mass is 10.1. The summed E-state index contributed by atoms with van der Waals surface area (Å²) in [5.41, 5.74) is 4.98. The highest BCUT2D eigenvalue weighted by Crippen LogP contribution is 2.29. The molecule has 2 aromatic carbocycles. The first-order valence-corrected chi connectivity index (χ1v) is 6.82. The van der Waals surface area contributed by atoms with Crippen LogP contribution in [-0.2, 0) is 11.0 Å². The molecule has 0 saturated heterocycles. The van der Waals surface area contributed by atoms with Gasteiger partial charge >= 0.3 is 6.18 Å². The number of carbonyl (C=O) groups is 2. The van der Waals surface area contributed by atoms with Gasteiger partial charge in [0.15, 0.2) is 0 Å². The smallest absolute Gasteiger partial charge is 0.366 e. The summed E-state index contributed by atoms with van der Waals surface area (Å²) in [4.78, 5) is 23.1. The number of halogens is 3. The van der Waals surface area contributed by atoms with Crippen LogP contribution in [0.3, 0.4) is 0 Å². The molecule has 0 spiro atoms. The summed E-state index contributed by atoms with van der Waals surface area (Å²) in [7, 11) is 0. The molecular formula is C17H13F3N2O2. The Kier molecular flexibility index (Phi) is 5.03. The molecule has 2 amide bonds. The van der Waals surface area contributed by atoms with Gasteiger partial charge < -0.3 is 11.1 Å². The topological polar surface area (TPSA) is 72.2 Å². The minimum absolute atomic E-state index is 0.137. The number of carbonyl (C=O) groups excluding carboxylic acids is 2. The van der Waals surface area contributed by atoms with E-state index in [1.165, 1.54) is 30.3 Å². The largest absolute Gasteiger partial charge is 0.416 e. The number of alkyl halides is 3. The van der Waals surface area contributed by atoms with Crippen LogP contribution in [0.1, 0.15) is 21.5 Å². The van der Waals surface area contributed by atoms with E-state index in [1.54, 1.807) is 12.1 Å². The van der Waals surface area contributed by atoms with Crippen LogP contribution in [0, 0.1) is 0 Å². The molecule has 0 aromatic heterocycles. The van der Waals surface area contributed by atoms with E-state index in [0.29, 0.717) is 0 Å². The summed E-state index contributed by atoms with van der Waals surface area (Å²) in [6.45, 7) is 0. The maximum absolute atomic E-state index is 12.6. The van der Waals surface area contributed by atoms with Crippen molar-refractivity contribution < 1.29 is 22.8 Å². The third-order valence-electron chi connectivity index (χ3n) is 3.09. The fourth-order valence-electron chi connectivity index (χ4n) is 1.97. The molecule has 2 aromatic rings. The summed E-state index contributed by atoms with van der Waals surface area (Å²) in [5, 5.41) is 2.46. The van der Waals surface area contributed by atoms with Crippen LogP contribution in [0.15, 0.2) is 54.6 Å². The van der Waals surface area contributed by atoms with E-state index in [0.717, 1.165) is 18.2 Å². The minimum atomic E-state index is -4.45. The fraction of sp³-hybridized carbons (Fsp3) is 0.0588. The van der Waals surface area contributed by atoms with E-state index in [1.807, 2.05) is 0 Å². The van der Waals surface area contributed by atoms with Crippen LogP contribution >= 0.6 is 0 Å². The van der Waals surface area contributed by atoms with Crippen LogP contribution in [0.4, 0.5) is 18.9 Å². The van der Waals surface area contributed by atoms with Crippen molar-refractivity contribution in [1.82, 2.24) is 0 Å². The number of anilines is 1. The van der Waals surface area contributed by atoms with E-state index in [2.05, 4.69) is 5.32 Å². The van der Waals surface area contributed by atoms with Gasteiger partial charge in [-0.15, -0.1) is 0 Å². The van der Waals surface area contributed by atoms with Crippen molar-refractivity contribution in [2.75, 3.05) is 5.32 Å². The van der Waals surface area contributed by atoms with Crippen molar-refractivity contribution in [2.24, 2.45) is 5.73 Å². The first-order chi connectivity index (χ1) is 11.3. The molecule has 0 fully saturated rings. The van der Waals surface area contributed by atoms with Crippen molar-refractivity contribution in [1.29, 1.82) is 0 Å². The quantitative estimate of drug-likeness (QED) is 0.841. The molecule has 0 bridgehead atoms. The SMILES string of the molecule is NC(=O)c1ccccc1NC(=O)C=Cc1cccc(C(F)(F)F)c1. The molecule has 0 aliphatic rings. The van der Waals surface area contributed by atoms with E-state index >= 15 is 0 Å². The van der Waals surface area contributed by atoms with E-state index < -0.39 is 23.6 Å². The van der Waals surface area contributed by atoms with Gasteiger partial charge in [-0.05, 0) is 35.9 Å². The van der Waals surface area contributed by atoms with Crippen molar-refractivity contribution in [2.45, 2.75) is 6.18 Å². The highest BCUT2D eigenvalue weighted by Gasteiger charge is 2.30. The van der Waals surface area contributed by atoms with Crippen molar-refractivity contribution in [3.8, 4) is 0 Å². The van der Waals surface area contributed by atoms with Crippen LogP contribution in [0.25, 0.3) is 6.08 Å². The molecule has 0 saturated carbocycles. The Labute approximate surface area is 135 Å². The van der Waals surface area contributed by atoms with Gasteiger partial charge in [0, 0.05) is 6.08 Å². The Balaban J connectivity index is 2.13. The maximum Gasteiger partial charge on any atom is 0.416 e. The van der Waals surface area contributed by atoms with Gasteiger partial charge in [0.1, 0.15) is 0 Å². The summed E-state index contributed by atoms with van der Waals surface area (Å²) < 4.78 is 37.9. The lowest BCUT2D eigenvalue weighted by Crippen LogP contribution is -2.16. The fourth-order valence-corrected chi connectivity index (χ4v) is 1.97. The number of hydrogen-bond donors (Lipinski definition) is 2. The first-order valence-electron chi connectivity index (χ1n) is 6.82. The summed E-state index contributed by atoms with van der Waals surface area (Å²) in [6.07, 6.45) is -2.13. The lowest BCUT2D eigenvalue weighted by Gasteiger charge is -2.07. The Morgan fingerprint density at radius 3 is 2.42 bits per heavy atom. The number of para-hydroxylation sites is 1. The third kappa shape index (κ3) is 4.45. The number of benzene rings is 2. The molecule has 0 aliphatic heterocycles. The molecule has 2 rings (SSSR count). The molecular weight excluding hydrogens is 321 g/mol. The molecule has 0 aliphatic carbocycles. The van der Waals surface area contributed by atoms with Crippen molar-refractivity contribution in [3.63, 3.8) is 0 Å². The third-order valence-corrected chi connectivity index (χ3v) is 3.09. The van der Waals surface area contributed by atoms with Crippen LogP contribution < -0.4 is 11.1 Å². The highest BCUT2D eigenvalue weighted by molar-refractivity contribution is 6.07. The monoisotopic (exact) mass is 334 g/mol. The number of nitrogens with one attached hydrogen (secondary N) is 1. The minimum Gasteiger partial charge on any atom is -0.366 e. The van der Waals surface area contributed by atoms with Gasteiger partial charge in [-0.3, -0.25) is 9.59 Å². The molecule has 0 unspecified atom stereocenters. The first kappa shape index (κ1) is 17.3. The Hall–Kier alpha value is -3.09. The van der Waals surface area contributed by atoms with Gasteiger partial charge in [-0.2, -0.15) is 13.2 Å². The van der Waals surface area contributed by atoms with Crippen molar-refractivity contribution in [3.05, 3.63) is 71.3 Å². The predicted molar refractivity (Wildman–Crippen MR) is 84.1 cm³/mol. The normalized spacial score (nSPS) is 11.5. The van der Waals surface area contributed by atoms with E-state index in [-0.39, 0.29) is 16.8 Å². The average molecular weight is 334 g/mol. The van der Waals surface area contributed by atoms with Crippen molar-refractivity contribution >= 4 is 23.6 Å². The Morgan fingerprint density at radius 1 is 1.04 bits per heavy atom. The van der Waals surface area contributed by atoms with E-state index in [4.69, 9.17) is 5.73 Å². The van der Waals surface area contributed by atoms with Gasteiger partial charge in [0.2, 0.25) is 5.91 Å². The van der Waals surface area contributed by atoms with Gasteiger partial charge in [-0.1, -0.05) is 24.3 Å². The van der Waals surface area contributed by atoms with Crippen LogP contribution in [-0.4, -0.2) is 11.8 Å². The Morgan fingerprint density at radius 2 is 1.75 bits per heavy atom. The number of amides is 2. The second kappa shape index (κ2) is 6.99. The molecule has 4 nitrogen and oxygen atoms in total. The van der Waals surface area contributed by atoms with Gasteiger partial charge in [-0.25, -0.2) is 0 Å². The van der Waals surface area contributed by atoms with E-state index in [9.17, 15) is 22.8 Å². The number of rotatable bonds is 4. The standard InChI is InChI=1S/C17H13F3N2O2/c18-17(19,20)12-5-3-4-11(10-12)8-9-15(23)22-14-7-2-1-6-13(14)16(21)24/h1-10H,(H2,21,24)(H,22,23). The second-order valence-electron chi connectivity index (χ2n) is 4.86. The molecule has 24 heavy (non-hydrogen) atoms. The second-order valence-corrected chi connectivity index (χ2v) is 4.86. The summed E-state index contributed by atoms with van der Waals surface area (Å²) in [6, 6.07) is 10.7. The summed E-state index contributed by atoms with van der Waals surface area (Å²) in [5.74, 6) is -1.30. The molecule has 0 heterocycles. The molecule has 7 heteroatoms. The van der Waals surface area contributed by atoms with Gasteiger partial charge in [0.05, 0.1) is 16.8 Å². The molecule has 3 N–H and O–H groups in total. The van der Waals surface area contributed by atoms with Crippen LogP contribution in [0.5, 0.6) is 0 Å². The molecule has 0 radical (unpaired) electrons. The molecule has 0 atom stereocenters. The average Bonchev–Trinajstić information content (AvgIpc) is 2.53. The highest BCUT2D eigenvalue weighted by atomic mass is 19.4. The zero-order valence-corrected chi connectivity index (χ0v) is 12.3. The zero-order chi connectivity index (χ0) is 17.7. The Bertz CT molecular complexity index is 798. The predicted octanol–water partition coefficient (Wildman–Crippen LogP) is 3.46. The zero-order valence-electron chi connectivity index (χ0n) is 12.3. The number of primary amides is 1. The number of hydrogen-bond acceptors (Lipinski definition) is 2. The summed E-state index contributed by atoms with van der Waals surface area (Å²) >= 11 is 0. The van der Waals surface area contributed by atoms with Gasteiger partial charge in [0.25, 0.3) is 5.91 Å². The van der Waals surface area contributed by atoms with Crippen LogP contribution in [0.2, 0.25) is 0 Å². The maximum atomic E-state index is 12.6. The lowest BCUT2D eigenvalue weighted by molar-refractivity contribution is -0.137. The molecule has 124 valence electrons.